The molecule has 0 unspecified atom stereocenters. The predicted molar refractivity (Wildman–Crippen MR) is 84.1 cm³/mol. The fraction of sp³-hybridized carbons (Fsp3) is 0.529. The Morgan fingerprint density at radius 1 is 1.40 bits per heavy atom. The van der Waals surface area contributed by atoms with Crippen LogP contribution in [0.3, 0.4) is 0 Å². The van der Waals surface area contributed by atoms with Crippen LogP contribution >= 0.6 is 0 Å². The summed E-state index contributed by atoms with van der Waals surface area (Å²) in [4.78, 5) is 2.15. The molecule has 0 aromatic heterocycles. The van der Waals surface area contributed by atoms with Gasteiger partial charge < -0.3 is 10.2 Å². The van der Waals surface area contributed by atoms with Crippen molar-refractivity contribution in [1.82, 2.24) is 10.2 Å². The van der Waals surface area contributed by atoms with Gasteiger partial charge in [-0.15, -0.1) is 6.58 Å². The van der Waals surface area contributed by atoms with Gasteiger partial charge in [0.1, 0.15) is 5.82 Å². The number of rotatable bonds is 9. The van der Waals surface area contributed by atoms with Crippen LogP contribution in [-0.4, -0.2) is 24.5 Å². The number of nitrogens with zero attached hydrogens (tertiary/aromatic N) is 1. The maximum Gasteiger partial charge on any atom is 0.127 e. The highest BCUT2D eigenvalue weighted by Gasteiger charge is 2.07. The predicted octanol–water partition coefficient (Wildman–Crippen LogP) is 3.72. The molecule has 1 rings (SSSR count). The number of allylic oxidation sites excluding steroid dienone is 1. The van der Waals surface area contributed by atoms with Gasteiger partial charge in [0.2, 0.25) is 0 Å². The summed E-state index contributed by atoms with van der Waals surface area (Å²) in [5.74, 6) is -0.117. The highest BCUT2D eigenvalue weighted by atomic mass is 19.1. The third-order valence-corrected chi connectivity index (χ3v) is 3.21. The van der Waals surface area contributed by atoms with E-state index in [0.717, 1.165) is 37.1 Å². The summed E-state index contributed by atoms with van der Waals surface area (Å²) in [6.07, 6.45) is 3.99. The highest BCUT2D eigenvalue weighted by molar-refractivity contribution is 5.25. The molecule has 0 aliphatic carbocycles. The number of unbranched alkanes of at least 4 members (excludes halogenated alkanes) is 1. The standard InChI is InChI=1S/C17H27FN2/c1-5-6-7-10-20(4)13-16-11-15(8-9-17(16)18)12-19-14(2)3/h5,8-9,11,14,19H,1,6-7,10,12-13H2,2-4H3. The highest BCUT2D eigenvalue weighted by Crippen LogP contribution is 2.13. The summed E-state index contributed by atoms with van der Waals surface area (Å²) in [5.41, 5.74) is 1.91. The zero-order valence-electron chi connectivity index (χ0n) is 13.0. The molecule has 0 heterocycles. The van der Waals surface area contributed by atoms with Gasteiger partial charge in [-0.25, -0.2) is 4.39 Å². The maximum atomic E-state index is 13.9. The van der Waals surface area contributed by atoms with Crippen molar-refractivity contribution in [3.8, 4) is 0 Å². The average Bonchev–Trinajstić information content (AvgIpc) is 2.40. The molecule has 0 saturated heterocycles. The summed E-state index contributed by atoms with van der Waals surface area (Å²) in [6, 6.07) is 5.83. The van der Waals surface area contributed by atoms with Crippen LogP contribution in [0.5, 0.6) is 0 Å². The van der Waals surface area contributed by atoms with Crippen LogP contribution in [0.25, 0.3) is 0 Å². The Bertz CT molecular complexity index is 415. The first kappa shape index (κ1) is 16.9. The normalized spacial score (nSPS) is 11.3. The Balaban J connectivity index is 2.59. The summed E-state index contributed by atoms with van der Waals surface area (Å²) in [6.45, 7) is 10.3. The lowest BCUT2D eigenvalue weighted by atomic mass is 10.1. The van der Waals surface area contributed by atoms with Crippen LogP contribution in [0.15, 0.2) is 30.9 Å². The second-order valence-corrected chi connectivity index (χ2v) is 5.63. The molecule has 1 aromatic carbocycles. The molecule has 1 aromatic rings. The van der Waals surface area contributed by atoms with E-state index in [-0.39, 0.29) is 5.82 Å². The minimum absolute atomic E-state index is 0.117. The monoisotopic (exact) mass is 278 g/mol. The number of hydrogen-bond acceptors (Lipinski definition) is 2. The molecule has 0 bridgehead atoms. The fourth-order valence-corrected chi connectivity index (χ4v) is 2.06. The van der Waals surface area contributed by atoms with Gasteiger partial charge in [0.05, 0.1) is 0 Å². The number of benzene rings is 1. The van der Waals surface area contributed by atoms with Gasteiger partial charge in [-0.2, -0.15) is 0 Å². The van der Waals surface area contributed by atoms with Crippen LogP contribution in [0.1, 0.15) is 37.8 Å². The van der Waals surface area contributed by atoms with E-state index in [4.69, 9.17) is 0 Å². The van der Waals surface area contributed by atoms with Crippen molar-refractivity contribution in [2.45, 2.75) is 45.8 Å². The van der Waals surface area contributed by atoms with Crippen molar-refractivity contribution in [2.75, 3.05) is 13.6 Å². The lowest BCUT2D eigenvalue weighted by Crippen LogP contribution is -2.22. The van der Waals surface area contributed by atoms with Crippen molar-refractivity contribution in [1.29, 1.82) is 0 Å². The third-order valence-electron chi connectivity index (χ3n) is 3.21. The van der Waals surface area contributed by atoms with E-state index in [1.165, 1.54) is 0 Å². The summed E-state index contributed by atoms with van der Waals surface area (Å²) < 4.78 is 13.9. The van der Waals surface area contributed by atoms with Gasteiger partial charge >= 0.3 is 0 Å². The van der Waals surface area contributed by atoms with Crippen molar-refractivity contribution < 1.29 is 4.39 Å². The molecule has 0 atom stereocenters. The zero-order chi connectivity index (χ0) is 15.0. The largest absolute Gasteiger partial charge is 0.310 e. The minimum Gasteiger partial charge on any atom is -0.310 e. The Morgan fingerprint density at radius 3 is 2.80 bits per heavy atom. The van der Waals surface area contributed by atoms with Crippen LogP contribution < -0.4 is 5.32 Å². The first-order valence-electron chi connectivity index (χ1n) is 7.33. The van der Waals surface area contributed by atoms with Gasteiger partial charge in [-0.05, 0) is 38.1 Å². The van der Waals surface area contributed by atoms with E-state index < -0.39 is 0 Å². The zero-order valence-corrected chi connectivity index (χ0v) is 13.0. The van der Waals surface area contributed by atoms with E-state index in [0.29, 0.717) is 12.6 Å². The van der Waals surface area contributed by atoms with E-state index in [2.05, 4.69) is 30.6 Å². The van der Waals surface area contributed by atoms with Crippen LogP contribution in [0.2, 0.25) is 0 Å². The molecular formula is C17H27FN2. The summed E-state index contributed by atoms with van der Waals surface area (Å²) in [5, 5.41) is 3.36. The lowest BCUT2D eigenvalue weighted by Gasteiger charge is -2.17. The van der Waals surface area contributed by atoms with Crippen molar-refractivity contribution in [3.63, 3.8) is 0 Å². The lowest BCUT2D eigenvalue weighted by molar-refractivity contribution is 0.317. The average molecular weight is 278 g/mol. The van der Waals surface area contributed by atoms with Crippen molar-refractivity contribution in [2.24, 2.45) is 0 Å². The number of halogens is 1. The molecule has 0 amide bonds. The Hall–Kier alpha value is -1.19. The Morgan fingerprint density at radius 2 is 2.15 bits per heavy atom. The van der Waals surface area contributed by atoms with E-state index in [1.54, 1.807) is 6.07 Å². The first-order chi connectivity index (χ1) is 9.52. The molecule has 0 spiro atoms. The summed E-state index contributed by atoms with van der Waals surface area (Å²) >= 11 is 0. The van der Waals surface area contributed by atoms with E-state index in [9.17, 15) is 4.39 Å². The van der Waals surface area contributed by atoms with Gasteiger partial charge in [-0.3, -0.25) is 0 Å². The van der Waals surface area contributed by atoms with Gasteiger partial charge in [-0.1, -0.05) is 32.1 Å². The van der Waals surface area contributed by atoms with Crippen LogP contribution in [-0.2, 0) is 13.1 Å². The minimum atomic E-state index is -0.117. The van der Waals surface area contributed by atoms with Crippen LogP contribution in [0, 0.1) is 5.82 Å². The molecular weight excluding hydrogens is 251 g/mol. The SMILES string of the molecule is C=CCCCN(C)Cc1cc(CNC(C)C)ccc1F. The molecule has 2 nitrogen and oxygen atoms in total. The smallest absolute Gasteiger partial charge is 0.127 e. The van der Waals surface area contributed by atoms with Crippen molar-refractivity contribution >= 4 is 0 Å². The maximum absolute atomic E-state index is 13.9. The summed E-state index contributed by atoms with van der Waals surface area (Å²) in [7, 11) is 2.03. The number of nitrogens with one attached hydrogen (secondary N) is 1. The molecule has 3 heteroatoms. The van der Waals surface area contributed by atoms with Gasteiger partial charge in [0.15, 0.2) is 0 Å². The van der Waals surface area contributed by atoms with Crippen molar-refractivity contribution in [3.05, 3.63) is 47.8 Å². The molecule has 0 fully saturated rings. The Kier molecular flexibility index (Phi) is 7.48. The van der Waals surface area contributed by atoms with E-state index in [1.807, 2.05) is 25.3 Å². The molecule has 1 N–H and O–H groups in total. The number of hydrogen-bond donors (Lipinski definition) is 1. The molecule has 0 radical (unpaired) electrons. The van der Waals surface area contributed by atoms with Gasteiger partial charge in [0, 0.05) is 24.7 Å². The topological polar surface area (TPSA) is 15.3 Å². The Labute approximate surface area is 122 Å². The second kappa shape index (κ2) is 8.88. The first-order valence-corrected chi connectivity index (χ1v) is 7.33. The molecule has 20 heavy (non-hydrogen) atoms. The van der Waals surface area contributed by atoms with Crippen LogP contribution in [0.4, 0.5) is 4.39 Å². The molecule has 0 saturated carbocycles. The third kappa shape index (κ3) is 6.31. The molecule has 112 valence electrons. The van der Waals surface area contributed by atoms with E-state index >= 15 is 0 Å². The second-order valence-electron chi connectivity index (χ2n) is 5.63. The quantitative estimate of drug-likeness (QED) is 0.547. The van der Waals surface area contributed by atoms with Gasteiger partial charge in [0.25, 0.3) is 0 Å². The molecule has 0 aliphatic rings. The molecule has 0 aliphatic heterocycles. The fourth-order valence-electron chi connectivity index (χ4n) is 2.06.